The van der Waals surface area contributed by atoms with Gasteiger partial charge in [-0.05, 0) is 58.8 Å². The molecule has 1 aliphatic rings. The van der Waals surface area contributed by atoms with E-state index < -0.39 is 0 Å². The largest absolute Gasteiger partial charge is 0.383 e. The molecule has 0 unspecified atom stereocenters. The van der Waals surface area contributed by atoms with Gasteiger partial charge in [0.2, 0.25) is 0 Å². The van der Waals surface area contributed by atoms with Crippen LogP contribution in [0.15, 0.2) is 30.6 Å². The molecule has 3 rings (SSSR count). The fourth-order valence-corrected chi connectivity index (χ4v) is 3.65. The third kappa shape index (κ3) is 3.87. The molecule has 126 valence electrons. The van der Waals surface area contributed by atoms with Crippen molar-refractivity contribution >= 4 is 43.8 Å². The molecular weight excluding hydrogens is 390 g/mol. The van der Waals surface area contributed by atoms with E-state index in [2.05, 4.69) is 42.9 Å². The van der Waals surface area contributed by atoms with E-state index in [9.17, 15) is 0 Å². The van der Waals surface area contributed by atoms with Crippen molar-refractivity contribution in [3.8, 4) is 0 Å². The third-order valence-electron chi connectivity index (χ3n) is 4.43. The smallest absolute Gasteiger partial charge is 0.144 e. The summed E-state index contributed by atoms with van der Waals surface area (Å²) in [5.41, 5.74) is 7.81. The molecule has 1 saturated heterocycles. The summed E-state index contributed by atoms with van der Waals surface area (Å²) in [4.78, 5) is 10.5. The molecule has 2 heterocycles. The van der Waals surface area contributed by atoms with Crippen LogP contribution in [0.4, 0.5) is 11.6 Å². The maximum atomic E-state index is 7.86. The Balaban J connectivity index is 1.66. The van der Waals surface area contributed by atoms with Gasteiger partial charge in [-0.15, -0.1) is 0 Å². The highest BCUT2D eigenvalue weighted by Gasteiger charge is 2.24. The molecule has 1 aromatic carbocycles. The Labute approximate surface area is 154 Å². The normalized spacial score (nSPS) is 15.5. The fraction of sp³-hybridized carbons (Fsp3) is 0.353. The highest BCUT2D eigenvalue weighted by Crippen LogP contribution is 2.29. The fourth-order valence-electron chi connectivity index (χ4n) is 3.14. The molecule has 7 heteroatoms. The van der Waals surface area contributed by atoms with Crippen molar-refractivity contribution in [3.05, 3.63) is 46.7 Å². The van der Waals surface area contributed by atoms with Gasteiger partial charge in [0, 0.05) is 18.1 Å². The summed E-state index contributed by atoms with van der Waals surface area (Å²) >= 11 is 9.14. The van der Waals surface area contributed by atoms with E-state index in [0.717, 1.165) is 43.2 Å². The zero-order chi connectivity index (χ0) is 17.1. The Morgan fingerprint density at radius 3 is 2.54 bits per heavy atom. The summed E-state index contributed by atoms with van der Waals surface area (Å²) in [5.74, 6) is 1.73. The van der Waals surface area contributed by atoms with Crippen LogP contribution in [0.3, 0.4) is 0 Å². The second-order valence-corrected chi connectivity index (χ2v) is 7.26. The molecule has 0 bridgehead atoms. The molecule has 0 aliphatic carbocycles. The Bertz CT molecular complexity index is 726. The van der Waals surface area contributed by atoms with E-state index in [1.54, 1.807) is 0 Å². The monoisotopic (exact) mass is 407 g/mol. The topological polar surface area (TPSA) is 78.9 Å². The molecule has 3 N–H and O–H groups in total. The van der Waals surface area contributed by atoms with Crippen molar-refractivity contribution in [1.29, 1.82) is 5.41 Å². The second-order valence-electron chi connectivity index (χ2n) is 6.03. The number of nitrogens with two attached hydrogens (primary N) is 1. The van der Waals surface area contributed by atoms with Crippen molar-refractivity contribution in [3.63, 3.8) is 0 Å². The van der Waals surface area contributed by atoms with E-state index in [4.69, 9.17) is 22.7 Å². The Kier molecular flexibility index (Phi) is 5.36. The highest BCUT2D eigenvalue weighted by molar-refractivity contribution is 9.18. The zero-order valence-corrected chi connectivity index (χ0v) is 15.5. The summed E-state index contributed by atoms with van der Waals surface area (Å²) in [6.07, 6.45) is 4.70. The first kappa shape index (κ1) is 17.2. The zero-order valence-electron chi connectivity index (χ0n) is 13.2. The molecule has 2 aromatic rings. The molecule has 0 radical (unpaired) electrons. The highest BCUT2D eigenvalue weighted by atomic mass is 79.9. The first-order chi connectivity index (χ1) is 11.5. The van der Waals surface area contributed by atoms with Crippen molar-refractivity contribution in [2.75, 3.05) is 23.7 Å². The van der Waals surface area contributed by atoms with Gasteiger partial charge >= 0.3 is 0 Å². The van der Waals surface area contributed by atoms with E-state index in [0.29, 0.717) is 17.3 Å². The summed E-state index contributed by atoms with van der Waals surface area (Å²) in [5, 5.41) is 8.64. The minimum atomic E-state index is 0.221. The summed E-state index contributed by atoms with van der Waals surface area (Å²) in [7, 11) is 0. The van der Waals surface area contributed by atoms with Crippen LogP contribution in [0, 0.1) is 11.3 Å². The quantitative estimate of drug-likeness (QED) is 0.752. The number of halogens is 2. The van der Waals surface area contributed by atoms with Gasteiger partial charge in [0.15, 0.2) is 0 Å². The van der Waals surface area contributed by atoms with E-state index in [-0.39, 0.29) is 4.62 Å². The van der Waals surface area contributed by atoms with Gasteiger partial charge in [-0.2, -0.15) is 0 Å². The predicted molar refractivity (Wildman–Crippen MR) is 102 cm³/mol. The summed E-state index contributed by atoms with van der Waals surface area (Å²) in [6, 6.07) is 8.10. The molecular formula is C17H19BrClN5. The Morgan fingerprint density at radius 1 is 1.25 bits per heavy atom. The molecule has 24 heavy (non-hydrogen) atoms. The molecule has 5 nitrogen and oxygen atoms in total. The van der Waals surface area contributed by atoms with Crippen LogP contribution in [0.1, 0.15) is 24.0 Å². The standard InChI is InChI=1S/C17H19BrClN5/c18-15(20)14-16(21)22-10-23-17(14)24-7-5-12(6-8-24)9-11-1-3-13(19)4-2-11/h1-4,10,12,20H,5-9H2,(H2,21,22,23). The number of anilines is 2. The first-order valence-corrected chi connectivity index (χ1v) is 9.06. The van der Waals surface area contributed by atoms with Crippen LogP contribution in [0.25, 0.3) is 0 Å². The lowest BCUT2D eigenvalue weighted by Gasteiger charge is -2.33. The number of aromatic nitrogens is 2. The predicted octanol–water partition coefficient (Wildman–Crippen LogP) is 3.89. The van der Waals surface area contributed by atoms with Gasteiger partial charge < -0.3 is 10.6 Å². The lowest BCUT2D eigenvalue weighted by atomic mass is 9.90. The van der Waals surface area contributed by atoms with E-state index in [1.807, 2.05) is 12.1 Å². The van der Waals surface area contributed by atoms with E-state index in [1.165, 1.54) is 11.9 Å². The lowest BCUT2D eigenvalue weighted by Crippen LogP contribution is -2.36. The van der Waals surface area contributed by atoms with Crippen LogP contribution >= 0.6 is 27.5 Å². The maximum Gasteiger partial charge on any atom is 0.144 e. The summed E-state index contributed by atoms with van der Waals surface area (Å²) < 4.78 is 0.221. The Hall–Kier alpha value is -1.66. The minimum absolute atomic E-state index is 0.221. The van der Waals surface area contributed by atoms with Gasteiger partial charge in [0.25, 0.3) is 0 Å². The van der Waals surface area contributed by atoms with Crippen molar-refractivity contribution in [2.45, 2.75) is 19.3 Å². The average molecular weight is 409 g/mol. The van der Waals surface area contributed by atoms with Crippen LogP contribution in [-0.4, -0.2) is 27.7 Å². The molecule has 1 aromatic heterocycles. The van der Waals surface area contributed by atoms with Crippen LogP contribution in [0.2, 0.25) is 5.02 Å². The van der Waals surface area contributed by atoms with Gasteiger partial charge in [-0.1, -0.05) is 23.7 Å². The Morgan fingerprint density at radius 2 is 1.92 bits per heavy atom. The maximum absolute atomic E-state index is 7.86. The number of rotatable bonds is 4. The summed E-state index contributed by atoms with van der Waals surface area (Å²) in [6.45, 7) is 1.81. The average Bonchev–Trinajstić information content (AvgIpc) is 2.57. The molecule has 1 fully saturated rings. The molecule has 0 amide bonds. The van der Waals surface area contributed by atoms with Gasteiger partial charge in [0.1, 0.15) is 22.6 Å². The lowest BCUT2D eigenvalue weighted by molar-refractivity contribution is 0.402. The number of hydrogen-bond donors (Lipinski definition) is 2. The molecule has 1 aliphatic heterocycles. The first-order valence-electron chi connectivity index (χ1n) is 7.89. The number of nitrogens with one attached hydrogen (secondary N) is 1. The van der Waals surface area contributed by atoms with Gasteiger partial charge in [-0.3, -0.25) is 5.41 Å². The van der Waals surface area contributed by atoms with Crippen LogP contribution < -0.4 is 10.6 Å². The molecule has 0 spiro atoms. The number of hydrogen-bond acceptors (Lipinski definition) is 5. The van der Waals surface area contributed by atoms with Gasteiger partial charge in [0.05, 0.1) is 5.56 Å². The van der Waals surface area contributed by atoms with Crippen molar-refractivity contribution < 1.29 is 0 Å². The third-order valence-corrected chi connectivity index (χ3v) is 5.08. The molecule has 0 atom stereocenters. The number of benzene rings is 1. The number of nitrogen functional groups attached to an aromatic ring is 1. The number of piperidine rings is 1. The minimum Gasteiger partial charge on any atom is -0.383 e. The van der Waals surface area contributed by atoms with Crippen molar-refractivity contribution in [2.24, 2.45) is 5.92 Å². The second kappa shape index (κ2) is 7.49. The van der Waals surface area contributed by atoms with Gasteiger partial charge in [-0.25, -0.2) is 9.97 Å². The van der Waals surface area contributed by atoms with Crippen LogP contribution in [-0.2, 0) is 6.42 Å². The van der Waals surface area contributed by atoms with Crippen LogP contribution in [0.5, 0.6) is 0 Å². The van der Waals surface area contributed by atoms with Crippen molar-refractivity contribution in [1.82, 2.24) is 9.97 Å². The SMILES string of the molecule is N=C(Br)c1c(N)ncnc1N1CCC(Cc2ccc(Cl)cc2)CC1. The molecule has 0 saturated carbocycles. The van der Waals surface area contributed by atoms with E-state index >= 15 is 0 Å². The number of nitrogens with zero attached hydrogens (tertiary/aromatic N) is 3.